The summed E-state index contributed by atoms with van der Waals surface area (Å²) in [6.07, 6.45) is 6.04. The van der Waals surface area contributed by atoms with Crippen molar-refractivity contribution >= 4 is 18.3 Å². The molecule has 1 saturated heterocycles. The Bertz CT molecular complexity index is 549. The fourth-order valence-electron chi connectivity index (χ4n) is 4.06. The van der Waals surface area contributed by atoms with Gasteiger partial charge in [0.2, 0.25) is 5.91 Å². The van der Waals surface area contributed by atoms with Crippen molar-refractivity contribution in [2.75, 3.05) is 19.6 Å². The van der Waals surface area contributed by atoms with Crippen molar-refractivity contribution in [2.24, 2.45) is 5.41 Å². The molecule has 0 unspecified atom stereocenters. The molecule has 1 aliphatic heterocycles. The molecule has 3 nitrogen and oxygen atoms in total. The van der Waals surface area contributed by atoms with Gasteiger partial charge < -0.3 is 10.6 Å². The van der Waals surface area contributed by atoms with Crippen molar-refractivity contribution in [3.05, 3.63) is 35.6 Å². The summed E-state index contributed by atoms with van der Waals surface area (Å²) in [6.45, 7) is 5.04. The fraction of sp³-hybridized carbons (Fsp3) is 0.632. The second-order valence-electron chi connectivity index (χ2n) is 7.54. The average Bonchev–Trinajstić information content (AvgIpc) is 3.05. The summed E-state index contributed by atoms with van der Waals surface area (Å²) < 4.78 is 13.2. The highest BCUT2D eigenvalue weighted by atomic mass is 35.5. The summed E-state index contributed by atoms with van der Waals surface area (Å²) in [7, 11) is 0. The first kappa shape index (κ1) is 19.2. The van der Waals surface area contributed by atoms with Crippen LogP contribution in [0, 0.1) is 11.2 Å². The summed E-state index contributed by atoms with van der Waals surface area (Å²) in [4.78, 5) is 13.0. The van der Waals surface area contributed by atoms with Gasteiger partial charge in [-0.15, -0.1) is 12.4 Å². The van der Waals surface area contributed by atoms with Crippen LogP contribution in [0.25, 0.3) is 0 Å². The monoisotopic (exact) mass is 354 g/mol. The highest BCUT2D eigenvalue weighted by molar-refractivity contribution is 5.88. The van der Waals surface area contributed by atoms with Crippen LogP contribution in [0.2, 0.25) is 0 Å². The van der Waals surface area contributed by atoms with E-state index in [0.717, 1.165) is 63.7 Å². The number of benzene rings is 1. The Balaban J connectivity index is 0.00000208. The van der Waals surface area contributed by atoms with Crippen LogP contribution in [0.1, 0.15) is 51.0 Å². The van der Waals surface area contributed by atoms with Crippen LogP contribution in [0.5, 0.6) is 0 Å². The smallest absolute Gasteiger partial charge is 0.230 e. The van der Waals surface area contributed by atoms with E-state index in [0.29, 0.717) is 0 Å². The lowest BCUT2D eigenvalue weighted by Gasteiger charge is -2.36. The van der Waals surface area contributed by atoms with E-state index in [4.69, 9.17) is 0 Å². The Kier molecular flexibility index (Phi) is 6.27. The van der Waals surface area contributed by atoms with Crippen molar-refractivity contribution in [3.63, 3.8) is 0 Å². The average molecular weight is 355 g/mol. The molecule has 2 aliphatic rings. The molecule has 0 bridgehead atoms. The Labute approximate surface area is 150 Å². The van der Waals surface area contributed by atoms with Gasteiger partial charge in [-0.2, -0.15) is 0 Å². The lowest BCUT2D eigenvalue weighted by molar-refractivity contribution is -0.127. The maximum Gasteiger partial charge on any atom is 0.230 e. The second-order valence-corrected chi connectivity index (χ2v) is 7.54. The van der Waals surface area contributed by atoms with Gasteiger partial charge in [-0.05, 0) is 61.9 Å². The largest absolute Gasteiger partial charge is 0.355 e. The van der Waals surface area contributed by atoms with Gasteiger partial charge in [-0.1, -0.05) is 31.9 Å². The highest BCUT2D eigenvalue weighted by Crippen LogP contribution is 2.41. The van der Waals surface area contributed by atoms with E-state index in [1.165, 1.54) is 12.1 Å². The molecule has 1 heterocycles. The number of rotatable bonds is 4. The quantitative estimate of drug-likeness (QED) is 0.868. The molecule has 3 rings (SSSR count). The van der Waals surface area contributed by atoms with Gasteiger partial charge in [0.15, 0.2) is 0 Å². The summed E-state index contributed by atoms with van der Waals surface area (Å²) in [5.74, 6) is -0.120. The second kappa shape index (κ2) is 7.83. The Hall–Kier alpha value is -1.13. The number of piperidine rings is 1. The van der Waals surface area contributed by atoms with Crippen LogP contribution in [-0.4, -0.2) is 25.5 Å². The first-order valence-electron chi connectivity index (χ1n) is 8.79. The normalized spacial score (nSPS) is 21.8. The maximum atomic E-state index is 13.2. The number of amides is 1. The van der Waals surface area contributed by atoms with Crippen LogP contribution in [0.4, 0.5) is 4.39 Å². The molecule has 1 saturated carbocycles. The molecule has 1 aromatic carbocycles. The summed E-state index contributed by atoms with van der Waals surface area (Å²) >= 11 is 0. The van der Waals surface area contributed by atoms with Crippen molar-refractivity contribution < 1.29 is 9.18 Å². The van der Waals surface area contributed by atoms with Crippen molar-refractivity contribution in [2.45, 2.75) is 50.9 Å². The van der Waals surface area contributed by atoms with Crippen LogP contribution >= 0.6 is 12.4 Å². The molecule has 1 aliphatic carbocycles. The molecule has 24 heavy (non-hydrogen) atoms. The van der Waals surface area contributed by atoms with E-state index in [-0.39, 0.29) is 29.5 Å². The highest BCUT2D eigenvalue weighted by Gasteiger charge is 2.43. The third-order valence-electron chi connectivity index (χ3n) is 5.77. The van der Waals surface area contributed by atoms with Crippen molar-refractivity contribution in [1.29, 1.82) is 0 Å². The first-order chi connectivity index (χ1) is 11.0. The van der Waals surface area contributed by atoms with E-state index < -0.39 is 5.41 Å². The van der Waals surface area contributed by atoms with Gasteiger partial charge >= 0.3 is 0 Å². The van der Waals surface area contributed by atoms with Crippen LogP contribution in [0.3, 0.4) is 0 Å². The molecular weight excluding hydrogens is 327 g/mol. The van der Waals surface area contributed by atoms with Crippen LogP contribution < -0.4 is 10.6 Å². The third kappa shape index (κ3) is 3.92. The lowest BCUT2D eigenvalue weighted by Crippen LogP contribution is -2.48. The predicted octanol–water partition coefficient (Wildman–Crippen LogP) is 3.57. The van der Waals surface area contributed by atoms with Gasteiger partial charge in [-0.25, -0.2) is 4.39 Å². The number of hydrogen-bond donors (Lipinski definition) is 2. The van der Waals surface area contributed by atoms with E-state index >= 15 is 0 Å². The maximum absolute atomic E-state index is 13.2. The van der Waals surface area contributed by atoms with Gasteiger partial charge in [-0.3, -0.25) is 4.79 Å². The molecule has 2 N–H and O–H groups in total. The number of hydrogen-bond acceptors (Lipinski definition) is 2. The SMILES string of the molecule is CC1(CNC(=O)C2(c3ccc(F)cc3)CCCC2)CCNCC1.Cl. The van der Waals surface area contributed by atoms with E-state index in [1.807, 2.05) is 0 Å². The van der Waals surface area contributed by atoms with E-state index in [1.54, 1.807) is 12.1 Å². The molecule has 134 valence electrons. The van der Waals surface area contributed by atoms with Gasteiger partial charge in [0.25, 0.3) is 0 Å². The molecule has 5 heteroatoms. The summed E-state index contributed by atoms with van der Waals surface area (Å²) in [5, 5.41) is 6.60. The fourth-order valence-corrected chi connectivity index (χ4v) is 4.06. The molecule has 0 aromatic heterocycles. The topological polar surface area (TPSA) is 41.1 Å². The van der Waals surface area contributed by atoms with Crippen LogP contribution in [0.15, 0.2) is 24.3 Å². The zero-order chi connectivity index (χ0) is 16.3. The molecule has 0 spiro atoms. The van der Waals surface area contributed by atoms with Gasteiger partial charge in [0, 0.05) is 6.54 Å². The zero-order valence-electron chi connectivity index (χ0n) is 14.4. The standard InChI is InChI=1S/C19H27FN2O.ClH/c1-18(10-12-21-13-11-18)14-22-17(23)19(8-2-3-9-19)15-4-6-16(20)7-5-15;/h4-7,21H,2-3,8-14H2,1H3,(H,22,23);1H. The first-order valence-corrected chi connectivity index (χ1v) is 8.79. The Morgan fingerprint density at radius 1 is 1.12 bits per heavy atom. The Morgan fingerprint density at radius 2 is 1.71 bits per heavy atom. The third-order valence-corrected chi connectivity index (χ3v) is 5.77. The minimum Gasteiger partial charge on any atom is -0.355 e. The Morgan fingerprint density at radius 3 is 2.29 bits per heavy atom. The number of halogens is 2. The van der Waals surface area contributed by atoms with Gasteiger partial charge in [0.1, 0.15) is 5.82 Å². The molecule has 0 atom stereocenters. The molecule has 1 amide bonds. The number of nitrogens with one attached hydrogen (secondary N) is 2. The van der Waals surface area contributed by atoms with E-state index in [2.05, 4.69) is 17.6 Å². The lowest BCUT2D eigenvalue weighted by atomic mass is 9.76. The molecule has 0 radical (unpaired) electrons. The molecule has 1 aromatic rings. The summed E-state index contributed by atoms with van der Waals surface area (Å²) in [6, 6.07) is 6.51. The minimum absolute atomic E-state index is 0. The van der Waals surface area contributed by atoms with Gasteiger partial charge in [0.05, 0.1) is 5.41 Å². The van der Waals surface area contributed by atoms with Crippen LogP contribution in [-0.2, 0) is 10.2 Å². The van der Waals surface area contributed by atoms with Crippen molar-refractivity contribution in [1.82, 2.24) is 10.6 Å². The number of carbonyl (C=O) groups is 1. The molecular formula is C19H28ClFN2O. The predicted molar refractivity (Wildman–Crippen MR) is 97.0 cm³/mol. The number of carbonyl (C=O) groups excluding carboxylic acids is 1. The zero-order valence-corrected chi connectivity index (χ0v) is 15.2. The minimum atomic E-state index is -0.461. The molecule has 2 fully saturated rings. The summed E-state index contributed by atoms with van der Waals surface area (Å²) in [5.41, 5.74) is 0.685. The van der Waals surface area contributed by atoms with Crippen molar-refractivity contribution in [3.8, 4) is 0 Å². The van der Waals surface area contributed by atoms with E-state index in [9.17, 15) is 9.18 Å².